The summed E-state index contributed by atoms with van der Waals surface area (Å²) in [5.74, 6) is -0.0752. The third-order valence-electron chi connectivity index (χ3n) is 3.46. The van der Waals surface area contributed by atoms with Gasteiger partial charge in [0.1, 0.15) is 5.82 Å². The van der Waals surface area contributed by atoms with Crippen LogP contribution < -0.4 is 10.6 Å². The highest BCUT2D eigenvalue weighted by Crippen LogP contribution is 2.10. The lowest BCUT2D eigenvalue weighted by Gasteiger charge is -2.21. The summed E-state index contributed by atoms with van der Waals surface area (Å²) in [7, 11) is 0. The van der Waals surface area contributed by atoms with Crippen LogP contribution in [0.3, 0.4) is 0 Å². The smallest absolute Gasteiger partial charge is 0.221 e. The maximum atomic E-state index is 12.8. The number of halogens is 1. The molecule has 0 bridgehead atoms. The number of rotatable bonds is 4. The van der Waals surface area contributed by atoms with Crippen molar-refractivity contribution in [2.45, 2.75) is 44.7 Å². The van der Waals surface area contributed by atoms with Crippen molar-refractivity contribution in [3.05, 3.63) is 35.6 Å². The third kappa shape index (κ3) is 4.63. The summed E-state index contributed by atoms with van der Waals surface area (Å²) in [5.41, 5.74) is 1.11. The maximum absolute atomic E-state index is 12.8. The van der Waals surface area contributed by atoms with E-state index in [-0.39, 0.29) is 23.8 Å². The van der Waals surface area contributed by atoms with Gasteiger partial charge in [0.2, 0.25) is 5.91 Å². The van der Waals surface area contributed by atoms with Gasteiger partial charge in [0.05, 0.1) is 0 Å². The molecule has 0 radical (unpaired) electrons. The van der Waals surface area contributed by atoms with Crippen molar-refractivity contribution in [2.24, 2.45) is 0 Å². The van der Waals surface area contributed by atoms with Crippen molar-refractivity contribution >= 4 is 5.91 Å². The van der Waals surface area contributed by atoms with Crippen LogP contribution in [0.2, 0.25) is 0 Å². The molecule has 4 heteroatoms. The number of amides is 1. The van der Waals surface area contributed by atoms with E-state index in [1.165, 1.54) is 12.1 Å². The molecule has 0 spiro atoms. The Kier molecular flexibility index (Phi) is 4.91. The summed E-state index contributed by atoms with van der Waals surface area (Å²) in [6.45, 7) is 2.88. The fraction of sp³-hybridized carbons (Fsp3) is 0.533. The van der Waals surface area contributed by atoms with Crippen molar-refractivity contribution in [2.75, 3.05) is 6.54 Å². The van der Waals surface area contributed by atoms with Gasteiger partial charge in [-0.05, 0) is 43.9 Å². The highest BCUT2D eigenvalue weighted by molar-refractivity contribution is 5.76. The van der Waals surface area contributed by atoms with Gasteiger partial charge in [-0.1, -0.05) is 12.1 Å². The number of carbonyl (C=O) groups excluding carboxylic acids is 1. The van der Waals surface area contributed by atoms with Crippen molar-refractivity contribution in [3.8, 4) is 0 Å². The van der Waals surface area contributed by atoms with Crippen molar-refractivity contribution in [3.63, 3.8) is 0 Å². The summed E-state index contributed by atoms with van der Waals surface area (Å²) < 4.78 is 12.8. The fourth-order valence-corrected chi connectivity index (χ4v) is 2.55. The number of benzene rings is 1. The van der Waals surface area contributed by atoms with Gasteiger partial charge in [0, 0.05) is 25.0 Å². The SMILES string of the molecule is CC(Cc1ccc(F)cc1)NC1CCCNC(=O)C1. The van der Waals surface area contributed by atoms with Gasteiger partial charge in [-0.2, -0.15) is 0 Å². The molecule has 0 aliphatic carbocycles. The van der Waals surface area contributed by atoms with Gasteiger partial charge in [0.25, 0.3) is 0 Å². The zero-order valence-electron chi connectivity index (χ0n) is 11.3. The molecule has 1 fully saturated rings. The van der Waals surface area contributed by atoms with Crippen LogP contribution in [0.15, 0.2) is 24.3 Å². The molecule has 2 N–H and O–H groups in total. The molecule has 1 amide bonds. The second-order valence-electron chi connectivity index (χ2n) is 5.29. The lowest BCUT2D eigenvalue weighted by atomic mass is 10.0. The van der Waals surface area contributed by atoms with E-state index in [0.29, 0.717) is 6.42 Å². The lowest BCUT2D eigenvalue weighted by Crippen LogP contribution is -2.39. The van der Waals surface area contributed by atoms with Crippen molar-refractivity contribution in [1.29, 1.82) is 0 Å². The van der Waals surface area contributed by atoms with Gasteiger partial charge in [-0.15, -0.1) is 0 Å². The minimum atomic E-state index is -0.204. The van der Waals surface area contributed by atoms with Gasteiger partial charge in [0.15, 0.2) is 0 Å². The van der Waals surface area contributed by atoms with Gasteiger partial charge in [-0.25, -0.2) is 4.39 Å². The summed E-state index contributed by atoms with van der Waals surface area (Å²) in [5, 5.41) is 6.38. The molecule has 2 unspecified atom stereocenters. The molecular formula is C15H21FN2O. The second-order valence-corrected chi connectivity index (χ2v) is 5.29. The molecule has 1 aliphatic rings. The molecule has 2 rings (SSSR count). The minimum Gasteiger partial charge on any atom is -0.356 e. The Morgan fingerprint density at radius 1 is 1.42 bits per heavy atom. The molecule has 0 aromatic heterocycles. The Morgan fingerprint density at radius 3 is 2.89 bits per heavy atom. The zero-order chi connectivity index (χ0) is 13.7. The Balaban J connectivity index is 1.84. The minimum absolute atomic E-state index is 0.129. The van der Waals surface area contributed by atoms with E-state index in [0.717, 1.165) is 31.4 Å². The predicted molar refractivity (Wildman–Crippen MR) is 73.4 cm³/mol. The van der Waals surface area contributed by atoms with Gasteiger partial charge in [-0.3, -0.25) is 4.79 Å². The highest BCUT2D eigenvalue weighted by Gasteiger charge is 2.18. The Morgan fingerprint density at radius 2 is 2.16 bits per heavy atom. The number of hydrogen-bond donors (Lipinski definition) is 2. The molecule has 3 nitrogen and oxygen atoms in total. The quantitative estimate of drug-likeness (QED) is 0.873. The summed E-state index contributed by atoms with van der Waals surface area (Å²) in [6, 6.07) is 7.13. The molecule has 104 valence electrons. The normalized spacial score (nSPS) is 21.6. The Hall–Kier alpha value is -1.42. The molecule has 19 heavy (non-hydrogen) atoms. The van der Waals surface area contributed by atoms with Crippen LogP contribution in [0.5, 0.6) is 0 Å². The average Bonchev–Trinajstić information content (AvgIpc) is 2.56. The van der Waals surface area contributed by atoms with Gasteiger partial charge < -0.3 is 10.6 Å². The molecule has 0 saturated carbocycles. The van der Waals surface area contributed by atoms with E-state index in [2.05, 4.69) is 17.6 Å². The van der Waals surface area contributed by atoms with Crippen molar-refractivity contribution in [1.82, 2.24) is 10.6 Å². The summed E-state index contributed by atoms with van der Waals surface area (Å²) in [4.78, 5) is 11.5. The van der Waals surface area contributed by atoms with E-state index >= 15 is 0 Å². The van der Waals surface area contributed by atoms with E-state index in [1.807, 2.05) is 12.1 Å². The first-order valence-corrected chi connectivity index (χ1v) is 6.90. The summed E-state index contributed by atoms with van der Waals surface area (Å²) >= 11 is 0. The highest BCUT2D eigenvalue weighted by atomic mass is 19.1. The molecule has 2 atom stereocenters. The van der Waals surface area contributed by atoms with E-state index in [1.54, 1.807) is 0 Å². The Labute approximate surface area is 113 Å². The predicted octanol–water partition coefficient (Wildman–Crippen LogP) is 2.02. The molecule has 1 aromatic rings. The number of nitrogens with one attached hydrogen (secondary N) is 2. The number of carbonyl (C=O) groups is 1. The average molecular weight is 264 g/mol. The first kappa shape index (κ1) is 14.0. The Bertz CT molecular complexity index is 419. The second kappa shape index (κ2) is 6.66. The fourth-order valence-electron chi connectivity index (χ4n) is 2.55. The van der Waals surface area contributed by atoms with Crippen LogP contribution in [-0.4, -0.2) is 24.5 Å². The van der Waals surface area contributed by atoms with E-state index < -0.39 is 0 Å². The lowest BCUT2D eigenvalue weighted by molar-refractivity contribution is -0.121. The van der Waals surface area contributed by atoms with Crippen LogP contribution in [0.25, 0.3) is 0 Å². The third-order valence-corrected chi connectivity index (χ3v) is 3.46. The van der Waals surface area contributed by atoms with Crippen molar-refractivity contribution < 1.29 is 9.18 Å². The van der Waals surface area contributed by atoms with E-state index in [4.69, 9.17) is 0 Å². The molecule has 1 aliphatic heterocycles. The molecule has 1 heterocycles. The monoisotopic (exact) mass is 264 g/mol. The van der Waals surface area contributed by atoms with E-state index in [9.17, 15) is 9.18 Å². The van der Waals surface area contributed by atoms with Gasteiger partial charge >= 0.3 is 0 Å². The largest absolute Gasteiger partial charge is 0.356 e. The van der Waals surface area contributed by atoms with Crippen LogP contribution in [-0.2, 0) is 11.2 Å². The van der Waals surface area contributed by atoms with Crippen LogP contribution in [0.1, 0.15) is 31.7 Å². The zero-order valence-corrected chi connectivity index (χ0v) is 11.3. The summed E-state index contributed by atoms with van der Waals surface area (Å²) in [6.07, 6.45) is 3.44. The topological polar surface area (TPSA) is 41.1 Å². The molecular weight excluding hydrogens is 243 g/mol. The van der Waals surface area contributed by atoms with Crippen LogP contribution in [0.4, 0.5) is 4.39 Å². The van der Waals surface area contributed by atoms with Crippen LogP contribution in [0, 0.1) is 5.82 Å². The molecule has 1 aromatic carbocycles. The number of hydrogen-bond acceptors (Lipinski definition) is 2. The van der Waals surface area contributed by atoms with Crippen LogP contribution >= 0.6 is 0 Å². The first-order chi connectivity index (χ1) is 9.13. The standard InChI is InChI=1S/C15H21FN2O/c1-11(9-12-4-6-13(16)7-5-12)18-14-3-2-8-17-15(19)10-14/h4-7,11,14,18H,2-3,8-10H2,1H3,(H,17,19). The maximum Gasteiger partial charge on any atom is 0.221 e. The molecule has 1 saturated heterocycles. The first-order valence-electron chi connectivity index (χ1n) is 6.90.